The van der Waals surface area contributed by atoms with E-state index in [-0.39, 0.29) is 11.0 Å². The number of phenols is 1. The third-order valence-corrected chi connectivity index (χ3v) is 3.11. The largest absolute Gasteiger partial charge is 0.507 e. The summed E-state index contributed by atoms with van der Waals surface area (Å²) in [5.41, 5.74) is 8.96. The Morgan fingerprint density at radius 2 is 1.67 bits per heavy atom. The Morgan fingerprint density at radius 3 is 2.06 bits per heavy atom. The second-order valence-electron chi connectivity index (χ2n) is 6.92. The molecule has 0 unspecified atom stereocenters. The molecule has 1 rings (SSSR count). The summed E-state index contributed by atoms with van der Waals surface area (Å²) in [6.07, 6.45) is 1.66. The minimum Gasteiger partial charge on any atom is -0.507 e. The molecule has 0 saturated heterocycles. The average molecular weight is 249 g/mol. The Balaban J connectivity index is 3.34. The Labute approximate surface area is 111 Å². The number of hydrogen-bond acceptors (Lipinski definition) is 2. The predicted molar refractivity (Wildman–Crippen MR) is 78.2 cm³/mol. The molecule has 0 aliphatic rings. The lowest BCUT2D eigenvalue weighted by Crippen LogP contribution is -2.34. The highest BCUT2D eigenvalue weighted by molar-refractivity contribution is 5.47. The second-order valence-corrected chi connectivity index (χ2v) is 6.92. The smallest absolute Gasteiger partial charge is 0.122 e. The van der Waals surface area contributed by atoms with Crippen molar-refractivity contribution in [2.24, 2.45) is 5.73 Å². The summed E-state index contributed by atoms with van der Waals surface area (Å²) in [5, 5.41) is 10.5. The summed E-state index contributed by atoms with van der Waals surface area (Å²) >= 11 is 0. The van der Waals surface area contributed by atoms with Crippen molar-refractivity contribution in [3.8, 4) is 5.75 Å². The first-order chi connectivity index (χ1) is 8.04. The van der Waals surface area contributed by atoms with E-state index in [9.17, 15) is 5.11 Å². The first-order valence-corrected chi connectivity index (χ1v) is 6.68. The molecule has 0 amide bonds. The fourth-order valence-electron chi connectivity index (χ4n) is 2.16. The van der Waals surface area contributed by atoms with E-state index in [1.807, 2.05) is 13.8 Å². The zero-order valence-corrected chi connectivity index (χ0v) is 12.6. The molecule has 0 fully saturated rings. The van der Waals surface area contributed by atoms with Crippen molar-refractivity contribution < 1.29 is 5.11 Å². The Hall–Kier alpha value is -1.02. The van der Waals surface area contributed by atoms with E-state index in [1.54, 1.807) is 0 Å². The molecule has 102 valence electrons. The van der Waals surface area contributed by atoms with Gasteiger partial charge in [0.25, 0.3) is 0 Å². The minimum absolute atomic E-state index is 0.0528. The fraction of sp³-hybridized carbons (Fsp3) is 0.625. The molecule has 0 spiro atoms. The van der Waals surface area contributed by atoms with Crippen molar-refractivity contribution in [1.82, 2.24) is 0 Å². The molecule has 0 atom stereocenters. The molecule has 1 aromatic rings. The lowest BCUT2D eigenvalue weighted by molar-refractivity contribution is 0.427. The first kappa shape index (κ1) is 15.0. The van der Waals surface area contributed by atoms with Crippen LogP contribution in [0.15, 0.2) is 12.1 Å². The molecule has 3 N–H and O–H groups in total. The van der Waals surface area contributed by atoms with Gasteiger partial charge in [-0.2, -0.15) is 0 Å². The van der Waals surface area contributed by atoms with Crippen molar-refractivity contribution in [1.29, 1.82) is 0 Å². The highest BCUT2D eigenvalue weighted by atomic mass is 16.3. The molecule has 0 saturated carbocycles. The van der Waals surface area contributed by atoms with Gasteiger partial charge in [-0.25, -0.2) is 0 Å². The van der Waals surface area contributed by atoms with Crippen LogP contribution in [0.1, 0.15) is 58.2 Å². The van der Waals surface area contributed by atoms with Crippen LogP contribution in [0.4, 0.5) is 0 Å². The summed E-state index contributed by atoms with van der Waals surface area (Å²) in [4.78, 5) is 0. The van der Waals surface area contributed by atoms with E-state index >= 15 is 0 Å². The van der Waals surface area contributed by atoms with Crippen molar-refractivity contribution >= 4 is 0 Å². The summed E-state index contributed by atoms with van der Waals surface area (Å²) in [6, 6.07) is 4.20. The maximum absolute atomic E-state index is 10.5. The van der Waals surface area contributed by atoms with Crippen LogP contribution in [0.2, 0.25) is 0 Å². The summed E-state index contributed by atoms with van der Waals surface area (Å²) in [5.74, 6) is 0.415. The minimum atomic E-state index is -0.307. The van der Waals surface area contributed by atoms with Crippen LogP contribution in [0.5, 0.6) is 5.75 Å². The van der Waals surface area contributed by atoms with Crippen LogP contribution in [0.25, 0.3) is 0 Å². The molecular weight excluding hydrogens is 222 g/mol. The van der Waals surface area contributed by atoms with Crippen molar-refractivity contribution in [3.05, 3.63) is 28.8 Å². The molecule has 0 bridgehead atoms. The summed E-state index contributed by atoms with van der Waals surface area (Å²) in [6.45, 7) is 12.5. The maximum atomic E-state index is 10.5. The predicted octanol–water partition coefficient (Wildman–Crippen LogP) is 3.53. The van der Waals surface area contributed by atoms with E-state index in [0.717, 1.165) is 17.5 Å². The highest BCUT2D eigenvalue weighted by Crippen LogP contribution is 2.35. The molecule has 18 heavy (non-hydrogen) atoms. The molecule has 2 nitrogen and oxygen atoms in total. The fourth-order valence-corrected chi connectivity index (χ4v) is 2.16. The number of nitrogens with two attached hydrogens (primary N) is 1. The number of aromatic hydroxyl groups is 1. The average Bonchev–Trinajstić information content (AvgIpc) is 2.17. The van der Waals surface area contributed by atoms with E-state index in [1.165, 1.54) is 5.56 Å². The van der Waals surface area contributed by atoms with Crippen LogP contribution in [0, 0.1) is 0 Å². The number of hydrogen-bond donors (Lipinski definition) is 2. The van der Waals surface area contributed by atoms with Gasteiger partial charge in [-0.1, -0.05) is 39.8 Å². The van der Waals surface area contributed by atoms with E-state index in [0.29, 0.717) is 12.2 Å². The van der Waals surface area contributed by atoms with Gasteiger partial charge < -0.3 is 10.8 Å². The van der Waals surface area contributed by atoms with Gasteiger partial charge in [0.15, 0.2) is 0 Å². The topological polar surface area (TPSA) is 46.2 Å². The van der Waals surface area contributed by atoms with Crippen LogP contribution in [-0.4, -0.2) is 10.6 Å². The van der Waals surface area contributed by atoms with Crippen molar-refractivity contribution in [3.63, 3.8) is 0 Å². The molecule has 0 aromatic heterocycles. The quantitative estimate of drug-likeness (QED) is 0.860. The van der Waals surface area contributed by atoms with Crippen LogP contribution in [-0.2, 0) is 18.3 Å². The number of rotatable bonds is 3. The number of aryl methyl sites for hydroxylation is 1. The van der Waals surface area contributed by atoms with Crippen LogP contribution in [0.3, 0.4) is 0 Å². The maximum Gasteiger partial charge on any atom is 0.122 e. The Morgan fingerprint density at radius 1 is 1.11 bits per heavy atom. The summed E-state index contributed by atoms with van der Waals surface area (Å²) < 4.78 is 0. The standard InChI is InChI=1S/C16H27NO/c1-7-11-8-12(10-16(5,6)17)14(18)13(9-11)15(2,3)4/h8-9,18H,7,10,17H2,1-6H3. The summed E-state index contributed by atoms with van der Waals surface area (Å²) in [7, 11) is 0. The van der Waals surface area contributed by atoms with E-state index in [2.05, 4.69) is 39.8 Å². The van der Waals surface area contributed by atoms with E-state index in [4.69, 9.17) is 5.73 Å². The Bertz CT molecular complexity index is 422. The monoisotopic (exact) mass is 249 g/mol. The number of phenolic OH excluding ortho intramolecular Hbond substituents is 1. The van der Waals surface area contributed by atoms with Crippen LogP contribution >= 0.6 is 0 Å². The SMILES string of the molecule is CCc1cc(CC(C)(C)N)c(O)c(C(C)(C)C)c1. The Kier molecular flexibility index (Phi) is 4.12. The van der Waals surface area contributed by atoms with Gasteiger partial charge in [0.2, 0.25) is 0 Å². The van der Waals surface area contributed by atoms with Gasteiger partial charge in [0.1, 0.15) is 5.75 Å². The van der Waals surface area contributed by atoms with Crippen molar-refractivity contribution in [2.45, 2.75) is 65.3 Å². The molecular formula is C16H27NO. The normalized spacial score (nSPS) is 12.8. The first-order valence-electron chi connectivity index (χ1n) is 6.68. The third-order valence-electron chi connectivity index (χ3n) is 3.11. The molecule has 0 radical (unpaired) electrons. The zero-order valence-electron chi connectivity index (χ0n) is 12.6. The second kappa shape index (κ2) is 4.93. The molecule has 0 aliphatic heterocycles. The van der Waals surface area contributed by atoms with Crippen molar-refractivity contribution in [2.75, 3.05) is 0 Å². The van der Waals surface area contributed by atoms with Gasteiger partial charge in [0, 0.05) is 5.54 Å². The van der Waals surface area contributed by atoms with E-state index < -0.39 is 0 Å². The van der Waals surface area contributed by atoms with Gasteiger partial charge in [-0.3, -0.25) is 0 Å². The number of benzene rings is 1. The molecule has 1 aromatic carbocycles. The highest BCUT2D eigenvalue weighted by Gasteiger charge is 2.23. The van der Waals surface area contributed by atoms with Gasteiger partial charge in [-0.15, -0.1) is 0 Å². The van der Waals surface area contributed by atoms with Gasteiger partial charge in [-0.05, 0) is 48.8 Å². The molecule has 2 heteroatoms. The molecule has 0 heterocycles. The third kappa shape index (κ3) is 3.74. The van der Waals surface area contributed by atoms with Gasteiger partial charge >= 0.3 is 0 Å². The lowest BCUT2D eigenvalue weighted by atomic mass is 9.82. The lowest BCUT2D eigenvalue weighted by Gasteiger charge is -2.26. The zero-order chi connectivity index (χ0) is 14.1. The van der Waals surface area contributed by atoms with Gasteiger partial charge in [0.05, 0.1) is 0 Å². The van der Waals surface area contributed by atoms with Crippen LogP contribution < -0.4 is 5.73 Å². The molecule has 0 aliphatic carbocycles.